The lowest BCUT2D eigenvalue weighted by molar-refractivity contribution is -0.132. The number of rotatable bonds is 12. The molecule has 4 unspecified atom stereocenters. The van der Waals surface area contributed by atoms with Gasteiger partial charge in [0, 0.05) is 30.1 Å². The van der Waals surface area contributed by atoms with Crippen molar-refractivity contribution in [3.63, 3.8) is 0 Å². The Hall–Kier alpha value is -2.29. The van der Waals surface area contributed by atoms with Gasteiger partial charge in [-0.05, 0) is 65.7 Å². The van der Waals surface area contributed by atoms with E-state index in [0.29, 0.717) is 12.3 Å². The summed E-state index contributed by atoms with van der Waals surface area (Å²) < 4.78 is 0. The molecule has 0 saturated carbocycles. The highest BCUT2D eigenvalue weighted by molar-refractivity contribution is 6.01. The molecule has 1 aliphatic carbocycles. The Labute approximate surface area is 232 Å². The molecule has 0 aliphatic heterocycles. The average Bonchev–Trinajstić information content (AvgIpc) is 3.16. The van der Waals surface area contributed by atoms with E-state index in [0.717, 1.165) is 17.6 Å². The van der Waals surface area contributed by atoms with Crippen LogP contribution in [0.4, 0.5) is 0 Å². The summed E-state index contributed by atoms with van der Waals surface area (Å²) in [6.07, 6.45) is 3.88. The molecule has 0 bridgehead atoms. The summed E-state index contributed by atoms with van der Waals surface area (Å²) in [6.45, 7) is 24.5. The lowest BCUT2D eigenvalue weighted by atomic mass is 9.65. The van der Waals surface area contributed by atoms with Gasteiger partial charge in [0.05, 0.1) is 0 Å². The molecule has 0 amide bonds. The van der Waals surface area contributed by atoms with Crippen LogP contribution in [0, 0.1) is 34.5 Å². The Balaban J connectivity index is 2.43. The number of hydrogen-bond donors (Lipinski definition) is 0. The molecule has 210 valence electrons. The number of hydrogen-bond acceptors (Lipinski definition) is 3. The van der Waals surface area contributed by atoms with E-state index in [4.69, 9.17) is 0 Å². The van der Waals surface area contributed by atoms with Gasteiger partial charge >= 0.3 is 0 Å². The molecule has 1 aromatic carbocycles. The van der Waals surface area contributed by atoms with Gasteiger partial charge in [0.1, 0.15) is 11.6 Å². The van der Waals surface area contributed by atoms with E-state index in [1.54, 1.807) is 6.92 Å². The van der Waals surface area contributed by atoms with Gasteiger partial charge in [-0.15, -0.1) is 0 Å². The van der Waals surface area contributed by atoms with Crippen LogP contribution in [-0.4, -0.2) is 17.3 Å². The van der Waals surface area contributed by atoms with Crippen molar-refractivity contribution in [2.24, 2.45) is 34.5 Å². The molecule has 0 N–H and O–H groups in total. The van der Waals surface area contributed by atoms with Crippen molar-refractivity contribution < 1.29 is 14.4 Å². The highest BCUT2D eigenvalue weighted by atomic mass is 16.1. The van der Waals surface area contributed by atoms with Crippen LogP contribution < -0.4 is 0 Å². The van der Waals surface area contributed by atoms with Crippen LogP contribution in [0.25, 0.3) is 5.57 Å². The third-order valence-corrected chi connectivity index (χ3v) is 9.06. The molecule has 0 radical (unpaired) electrons. The van der Waals surface area contributed by atoms with Crippen molar-refractivity contribution in [2.45, 2.75) is 108 Å². The van der Waals surface area contributed by atoms with Gasteiger partial charge in [0.2, 0.25) is 0 Å². The van der Waals surface area contributed by atoms with Crippen molar-refractivity contribution in [2.75, 3.05) is 0 Å². The fourth-order valence-electron chi connectivity index (χ4n) is 6.31. The molecular formula is C35H52O3. The first-order valence-corrected chi connectivity index (χ1v) is 14.5. The minimum Gasteiger partial charge on any atom is -0.300 e. The molecule has 0 aromatic heterocycles. The Kier molecular flexibility index (Phi) is 10.3. The van der Waals surface area contributed by atoms with Gasteiger partial charge in [0.25, 0.3) is 0 Å². The number of carbonyl (C=O) groups excluding carboxylic acids is 3. The van der Waals surface area contributed by atoms with Crippen LogP contribution in [0.2, 0.25) is 0 Å². The summed E-state index contributed by atoms with van der Waals surface area (Å²) in [6, 6.07) is 8.52. The molecule has 38 heavy (non-hydrogen) atoms. The molecular weight excluding hydrogens is 468 g/mol. The van der Waals surface area contributed by atoms with Crippen LogP contribution in [0.5, 0.6) is 0 Å². The SMILES string of the molecule is CCC(C(=O)CC(C(=O)/C(C)=C(/CC(C)C(C)=O)C(C)C)C(C)(C)C)C(C)(C)C1=CC(C)c2ccccc21. The zero-order chi connectivity index (χ0) is 29.2. The summed E-state index contributed by atoms with van der Waals surface area (Å²) in [5, 5.41) is 0. The van der Waals surface area contributed by atoms with Gasteiger partial charge in [-0.3, -0.25) is 14.4 Å². The first-order chi connectivity index (χ1) is 17.4. The van der Waals surface area contributed by atoms with Crippen molar-refractivity contribution >= 4 is 22.9 Å². The van der Waals surface area contributed by atoms with E-state index in [1.807, 2.05) is 13.8 Å². The van der Waals surface area contributed by atoms with Crippen molar-refractivity contribution in [1.82, 2.24) is 0 Å². The van der Waals surface area contributed by atoms with Gasteiger partial charge < -0.3 is 0 Å². The van der Waals surface area contributed by atoms with Crippen molar-refractivity contribution in [1.29, 1.82) is 0 Å². The summed E-state index contributed by atoms with van der Waals surface area (Å²) in [4.78, 5) is 40.1. The molecule has 2 rings (SSSR count). The standard InChI is InChI=1S/C35H52O3/c1-13-29(35(11,12)30-19-23(5)26-16-14-15-17-27(26)30)32(37)20-31(34(8,9)10)33(38)24(6)28(21(2)3)18-22(4)25(7)36/h14-17,19,21-23,29,31H,13,18,20H2,1-12H3/b28-24-. The zero-order valence-corrected chi connectivity index (χ0v) is 26.1. The van der Waals surface area contributed by atoms with Gasteiger partial charge in [-0.1, -0.05) is 105 Å². The molecule has 1 aliphatic rings. The van der Waals surface area contributed by atoms with Crippen LogP contribution in [0.1, 0.15) is 119 Å². The minimum atomic E-state index is -0.412. The second-order valence-corrected chi connectivity index (χ2v) is 13.6. The number of ketones is 3. The van der Waals surface area contributed by atoms with E-state index in [2.05, 4.69) is 92.7 Å². The zero-order valence-electron chi connectivity index (χ0n) is 26.1. The van der Waals surface area contributed by atoms with Crippen LogP contribution in [-0.2, 0) is 14.4 Å². The summed E-state index contributed by atoms with van der Waals surface area (Å²) in [5.41, 5.74) is 4.88. The Morgan fingerprint density at radius 3 is 1.97 bits per heavy atom. The largest absolute Gasteiger partial charge is 0.300 e. The lowest BCUT2D eigenvalue weighted by Gasteiger charge is -2.37. The topological polar surface area (TPSA) is 51.2 Å². The Bertz CT molecular complexity index is 1110. The summed E-state index contributed by atoms with van der Waals surface area (Å²) >= 11 is 0. The molecule has 0 spiro atoms. The monoisotopic (exact) mass is 520 g/mol. The van der Waals surface area contributed by atoms with E-state index in [-0.39, 0.29) is 52.4 Å². The van der Waals surface area contributed by atoms with Gasteiger partial charge in [0.15, 0.2) is 5.78 Å². The first-order valence-electron chi connectivity index (χ1n) is 14.5. The smallest absolute Gasteiger partial charge is 0.162 e. The minimum absolute atomic E-state index is 0.0528. The second kappa shape index (κ2) is 12.3. The van der Waals surface area contributed by atoms with E-state index in [1.165, 1.54) is 16.7 Å². The molecule has 3 heteroatoms. The Morgan fingerprint density at radius 2 is 1.47 bits per heavy atom. The number of allylic oxidation sites excluding steroid dienone is 4. The highest BCUT2D eigenvalue weighted by Gasteiger charge is 2.43. The summed E-state index contributed by atoms with van der Waals surface area (Å²) in [7, 11) is 0. The average molecular weight is 521 g/mol. The maximum atomic E-state index is 14.1. The number of Topliss-reactive ketones (excluding diaryl/α,β-unsaturated/α-hetero) is 3. The fraction of sp³-hybridized carbons (Fsp3) is 0.629. The quantitative estimate of drug-likeness (QED) is 0.258. The van der Waals surface area contributed by atoms with E-state index < -0.39 is 5.92 Å². The number of fused-ring (bicyclic) bond motifs is 1. The molecule has 0 saturated heterocycles. The Morgan fingerprint density at radius 1 is 0.895 bits per heavy atom. The van der Waals surface area contributed by atoms with Gasteiger partial charge in [-0.25, -0.2) is 0 Å². The predicted octanol–water partition coefficient (Wildman–Crippen LogP) is 9.02. The molecule has 0 fully saturated rings. The normalized spacial score (nSPS) is 18.9. The maximum absolute atomic E-state index is 14.1. The van der Waals surface area contributed by atoms with Gasteiger partial charge in [-0.2, -0.15) is 0 Å². The predicted molar refractivity (Wildman–Crippen MR) is 160 cm³/mol. The molecule has 4 atom stereocenters. The number of carbonyl (C=O) groups is 3. The lowest BCUT2D eigenvalue weighted by Crippen LogP contribution is -2.37. The van der Waals surface area contributed by atoms with E-state index in [9.17, 15) is 14.4 Å². The number of benzene rings is 1. The van der Waals surface area contributed by atoms with Crippen LogP contribution in [0.15, 0.2) is 41.5 Å². The highest BCUT2D eigenvalue weighted by Crippen LogP contribution is 2.50. The maximum Gasteiger partial charge on any atom is 0.162 e. The van der Waals surface area contributed by atoms with Crippen LogP contribution >= 0.6 is 0 Å². The second-order valence-electron chi connectivity index (χ2n) is 13.6. The van der Waals surface area contributed by atoms with Crippen molar-refractivity contribution in [3.05, 3.63) is 52.6 Å². The van der Waals surface area contributed by atoms with Crippen LogP contribution in [0.3, 0.4) is 0 Å². The fourth-order valence-corrected chi connectivity index (χ4v) is 6.31. The van der Waals surface area contributed by atoms with E-state index >= 15 is 0 Å². The first kappa shape index (κ1) is 31.9. The van der Waals surface area contributed by atoms with Crippen molar-refractivity contribution in [3.8, 4) is 0 Å². The third kappa shape index (κ3) is 6.82. The molecule has 3 nitrogen and oxygen atoms in total. The molecule has 1 aromatic rings. The third-order valence-electron chi connectivity index (χ3n) is 9.06. The molecule has 0 heterocycles. The summed E-state index contributed by atoms with van der Waals surface area (Å²) in [5.74, 6) is 0.126.